The largest absolute Gasteiger partial charge is 0.360 e. The molecule has 0 spiro atoms. The highest BCUT2D eigenvalue weighted by atomic mass is 16.6. The fraction of sp³-hybridized carbons (Fsp3) is 0.316. The van der Waals surface area contributed by atoms with E-state index in [1.807, 2.05) is 25.1 Å². The van der Waals surface area contributed by atoms with Crippen LogP contribution in [0.4, 0.5) is 17.1 Å². The van der Waals surface area contributed by atoms with Crippen molar-refractivity contribution in [3.63, 3.8) is 0 Å². The number of nitrogens with zero attached hydrogens (tertiary/aromatic N) is 2. The number of nitro benzene ring substituents is 1. The first kappa shape index (κ1) is 17.9. The summed E-state index contributed by atoms with van der Waals surface area (Å²) in [6.45, 7) is 5.77. The van der Waals surface area contributed by atoms with Gasteiger partial charge in [0.15, 0.2) is 6.54 Å². The summed E-state index contributed by atoms with van der Waals surface area (Å²) in [7, 11) is 0. The Morgan fingerprint density at radius 2 is 1.88 bits per heavy atom. The van der Waals surface area contributed by atoms with Crippen molar-refractivity contribution in [1.82, 2.24) is 0 Å². The summed E-state index contributed by atoms with van der Waals surface area (Å²) in [6.07, 6.45) is 0. The minimum Gasteiger partial charge on any atom is -0.360 e. The summed E-state index contributed by atoms with van der Waals surface area (Å²) in [4.78, 5) is 26.3. The Morgan fingerprint density at radius 3 is 2.54 bits per heavy atom. The molecule has 7 heteroatoms. The molecule has 2 aromatic rings. The van der Waals surface area contributed by atoms with Crippen LogP contribution in [0, 0.1) is 17.0 Å². The van der Waals surface area contributed by atoms with Crippen molar-refractivity contribution < 1.29 is 14.6 Å². The molecule has 7 nitrogen and oxygen atoms in total. The summed E-state index contributed by atoms with van der Waals surface area (Å²) < 4.78 is 0. The van der Waals surface area contributed by atoms with Gasteiger partial charge in [0.05, 0.1) is 36.8 Å². The number of aryl methyl sites for hydroxylation is 1. The van der Waals surface area contributed by atoms with Crippen LogP contribution in [0.25, 0.3) is 0 Å². The van der Waals surface area contributed by atoms with Crippen molar-refractivity contribution in [3.8, 4) is 0 Å². The molecule has 3 rings (SSSR count). The van der Waals surface area contributed by atoms with E-state index in [0.717, 1.165) is 31.7 Å². The molecule has 1 saturated heterocycles. The molecular formula is C19H23N4O3+. The fourth-order valence-electron chi connectivity index (χ4n) is 3.18. The first-order chi connectivity index (χ1) is 12.5. The van der Waals surface area contributed by atoms with Gasteiger partial charge in [-0.25, -0.2) is 0 Å². The van der Waals surface area contributed by atoms with Gasteiger partial charge in [-0.3, -0.25) is 14.9 Å². The zero-order valence-corrected chi connectivity index (χ0v) is 14.8. The zero-order valence-electron chi connectivity index (χ0n) is 14.8. The predicted octanol–water partition coefficient (Wildman–Crippen LogP) is 1.25. The topological polar surface area (TPSA) is 79.9 Å². The van der Waals surface area contributed by atoms with Crippen LogP contribution < -0.4 is 15.1 Å². The van der Waals surface area contributed by atoms with Crippen molar-refractivity contribution >= 4 is 23.0 Å². The normalized spacial score (nSPS) is 14.9. The second kappa shape index (κ2) is 7.97. The molecule has 0 atom stereocenters. The van der Waals surface area contributed by atoms with Crippen molar-refractivity contribution in [2.75, 3.05) is 42.9 Å². The summed E-state index contributed by atoms with van der Waals surface area (Å²) in [5.74, 6) is -0.114. The SMILES string of the molecule is Cc1ccc([N+](=O)[O-])cc1NC(=O)C[NH+]1CCN(c2ccccc2)CC1. The number of hydrogen-bond acceptors (Lipinski definition) is 4. The zero-order chi connectivity index (χ0) is 18.5. The highest BCUT2D eigenvalue weighted by Gasteiger charge is 2.22. The maximum absolute atomic E-state index is 12.4. The Kier molecular flexibility index (Phi) is 5.48. The van der Waals surface area contributed by atoms with Gasteiger partial charge in [-0.05, 0) is 24.6 Å². The van der Waals surface area contributed by atoms with E-state index < -0.39 is 4.92 Å². The molecule has 1 heterocycles. The fourth-order valence-corrected chi connectivity index (χ4v) is 3.18. The molecule has 0 radical (unpaired) electrons. The maximum Gasteiger partial charge on any atom is 0.279 e. The average Bonchev–Trinajstić information content (AvgIpc) is 2.64. The minimum atomic E-state index is -0.455. The first-order valence-electron chi connectivity index (χ1n) is 8.71. The van der Waals surface area contributed by atoms with Crippen LogP contribution in [0.1, 0.15) is 5.56 Å². The molecule has 0 saturated carbocycles. The number of anilines is 2. The van der Waals surface area contributed by atoms with Crippen LogP contribution in [0.3, 0.4) is 0 Å². The van der Waals surface area contributed by atoms with Gasteiger partial charge < -0.3 is 15.1 Å². The Balaban J connectivity index is 1.53. The number of carbonyl (C=O) groups is 1. The Morgan fingerprint density at radius 1 is 1.19 bits per heavy atom. The van der Waals surface area contributed by atoms with Gasteiger partial charge in [-0.2, -0.15) is 0 Å². The smallest absolute Gasteiger partial charge is 0.279 e. The summed E-state index contributed by atoms with van der Waals surface area (Å²) in [5, 5.41) is 13.7. The third-order valence-corrected chi connectivity index (χ3v) is 4.71. The highest BCUT2D eigenvalue weighted by Crippen LogP contribution is 2.21. The van der Waals surface area contributed by atoms with Crippen LogP contribution in [0.5, 0.6) is 0 Å². The average molecular weight is 355 g/mol. The van der Waals surface area contributed by atoms with Crippen LogP contribution in [0.2, 0.25) is 0 Å². The van der Waals surface area contributed by atoms with Crippen LogP contribution in [0.15, 0.2) is 48.5 Å². The standard InChI is InChI=1S/C19H22N4O3/c1-15-7-8-17(23(25)26)13-18(15)20-19(24)14-21-9-11-22(12-10-21)16-5-3-2-4-6-16/h2-8,13H,9-12,14H2,1H3,(H,20,24)/p+1. The molecular weight excluding hydrogens is 332 g/mol. The van der Waals surface area contributed by atoms with Gasteiger partial charge in [-0.1, -0.05) is 24.3 Å². The van der Waals surface area contributed by atoms with Crippen molar-refractivity contribution in [1.29, 1.82) is 0 Å². The Hall–Kier alpha value is -2.93. The number of para-hydroxylation sites is 1. The molecule has 0 aliphatic carbocycles. The number of quaternary nitrogens is 1. The van der Waals surface area contributed by atoms with E-state index in [9.17, 15) is 14.9 Å². The van der Waals surface area contributed by atoms with Gasteiger partial charge >= 0.3 is 0 Å². The number of nitro groups is 1. The van der Waals surface area contributed by atoms with E-state index in [1.54, 1.807) is 6.07 Å². The number of benzene rings is 2. The molecule has 0 aromatic heterocycles. The van der Waals surface area contributed by atoms with E-state index in [1.165, 1.54) is 22.7 Å². The van der Waals surface area contributed by atoms with Gasteiger partial charge in [0.1, 0.15) is 0 Å². The van der Waals surface area contributed by atoms with E-state index in [2.05, 4.69) is 22.3 Å². The molecule has 0 unspecified atom stereocenters. The number of piperazine rings is 1. The van der Waals surface area contributed by atoms with Crippen molar-refractivity contribution in [3.05, 3.63) is 64.2 Å². The van der Waals surface area contributed by atoms with Gasteiger partial charge in [-0.15, -0.1) is 0 Å². The first-order valence-corrected chi connectivity index (χ1v) is 8.71. The number of rotatable bonds is 5. The van der Waals surface area contributed by atoms with Gasteiger partial charge in [0, 0.05) is 17.8 Å². The second-order valence-corrected chi connectivity index (χ2v) is 6.55. The van der Waals surface area contributed by atoms with E-state index in [4.69, 9.17) is 0 Å². The summed E-state index contributed by atoms with van der Waals surface area (Å²) >= 11 is 0. The molecule has 1 aliphatic heterocycles. The van der Waals surface area contributed by atoms with E-state index in [0.29, 0.717) is 12.2 Å². The quantitative estimate of drug-likeness (QED) is 0.625. The minimum absolute atomic E-state index is 0.0188. The number of amides is 1. The number of hydrogen-bond donors (Lipinski definition) is 2. The monoisotopic (exact) mass is 355 g/mol. The molecule has 1 aliphatic rings. The van der Waals surface area contributed by atoms with Crippen LogP contribution >= 0.6 is 0 Å². The van der Waals surface area contributed by atoms with E-state index in [-0.39, 0.29) is 11.6 Å². The molecule has 26 heavy (non-hydrogen) atoms. The lowest BCUT2D eigenvalue weighted by molar-refractivity contribution is -0.892. The Labute approximate surface area is 152 Å². The lowest BCUT2D eigenvalue weighted by Gasteiger charge is -2.33. The Bertz CT molecular complexity index is 787. The third-order valence-electron chi connectivity index (χ3n) is 4.71. The summed E-state index contributed by atoms with van der Waals surface area (Å²) in [5.41, 5.74) is 2.51. The van der Waals surface area contributed by atoms with Crippen LogP contribution in [-0.4, -0.2) is 43.6 Å². The molecule has 1 fully saturated rings. The van der Waals surface area contributed by atoms with Gasteiger partial charge in [0.2, 0.25) is 0 Å². The van der Waals surface area contributed by atoms with Crippen molar-refractivity contribution in [2.24, 2.45) is 0 Å². The highest BCUT2D eigenvalue weighted by molar-refractivity contribution is 5.92. The van der Waals surface area contributed by atoms with E-state index >= 15 is 0 Å². The number of non-ortho nitro benzene ring substituents is 1. The molecule has 2 N–H and O–H groups in total. The number of carbonyl (C=O) groups excluding carboxylic acids is 1. The molecule has 0 bridgehead atoms. The second-order valence-electron chi connectivity index (χ2n) is 6.55. The lowest BCUT2D eigenvalue weighted by Crippen LogP contribution is -3.15. The molecule has 2 aromatic carbocycles. The van der Waals surface area contributed by atoms with Crippen molar-refractivity contribution in [2.45, 2.75) is 6.92 Å². The molecule has 136 valence electrons. The molecule has 1 amide bonds. The van der Waals surface area contributed by atoms with Gasteiger partial charge in [0.25, 0.3) is 11.6 Å². The number of nitrogens with one attached hydrogen (secondary N) is 2. The maximum atomic E-state index is 12.4. The predicted molar refractivity (Wildman–Crippen MR) is 101 cm³/mol. The lowest BCUT2D eigenvalue weighted by atomic mass is 10.2. The van der Waals surface area contributed by atoms with Crippen LogP contribution in [-0.2, 0) is 4.79 Å². The third kappa shape index (κ3) is 4.37. The summed E-state index contributed by atoms with van der Waals surface area (Å²) in [6, 6.07) is 14.8.